The third kappa shape index (κ3) is 3.39. The van der Waals surface area contributed by atoms with Crippen LogP contribution < -0.4 is 5.32 Å². The van der Waals surface area contributed by atoms with Crippen molar-refractivity contribution in [2.24, 2.45) is 0 Å². The van der Waals surface area contributed by atoms with Crippen LogP contribution in [0.4, 0.5) is 23.5 Å². The fourth-order valence-corrected chi connectivity index (χ4v) is 3.16. The maximum atomic E-state index is 13.4. The molecule has 1 fully saturated rings. The number of halogens is 5. The van der Waals surface area contributed by atoms with Gasteiger partial charge in [-0.15, -0.1) is 10.2 Å². The smallest absolute Gasteiger partial charge is 0.413 e. The largest absolute Gasteiger partial charge is 0.470 e. The van der Waals surface area contributed by atoms with Gasteiger partial charge in [0.05, 0.1) is 16.1 Å². The number of alkyl halides is 3. The van der Waals surface area contributed by atoms with E-state index in [2.05, 4.69) is 29.9 Å². The number of nitrogens with one attached hydrogen (secondary N) is 1. The fourth-order valence-electron chi connectivity index (χ4n) is 2.98. The summed E-state index contributed by atoms with van der Waals surface area (Å²) in [6, 6.07) is 4.52. The van der Waals surface area contributed by atoms with Crippen molar-refractivity contribution >= 4 is 17.5 Å². The quantitative estimate of drug-likeness (QED) is 0.617. The summed E-state index contributed by atoms with van der Waals surface area (Å²) in [5.74, 6) is -2.01. The molecule has 146 valence electrons. The van der Waals surface area contributed by atoms with E-state index in [1.165, 1.54) is 18.5 Å². The lowest BCUT2D eigenvalue weighted by Gasteiger charge is -2.43. The second-order valence-electron chi connectivity index (χ2n) is 6.40. The van der Waals surface area contributed by atoms with Crippen molar-refractivity contribution in [1.82, 2.24) is 20.2 Å². The van der Waals surface area contributed by atoms with Crippen LogP contribution in [0.1, 0.15) is 30.7 Å². The summed E-state index contributed by atoms with van der Waals surface area (Å²) in [6.07, 6.45) is 0.361. The van der Waals surface area contributed by atoms with Gasteiger partial charge in [-0.1, -0.05) is 17.7 Å². The van der Waals surface area contributed by atoms with Crippen LogP contribution in [-0.2, 0) is 11.7 Å². The molecule has 0 saturated heterocycles. The molecule has 3 aromatic rings. The van der Waals surface area contributed by atoms with Gasteiger partial charge in [-0.05, 0) is 37.0 Å². The number of benzene rings is 1. The van der Waals surface area contributed by atoms with E-state index in [1.54, 1.807) is 12.1 Å². The molecule has 0 spiro atoms. The molecule has 1 aromatic carbocycles. The highest BCUT2D eigenvalue weighted by atomic mass is 35.5. The molecule has 28 heavy (non-hydrogen) atoms. The molecule has 0 radical (unpaired) electrons. The normalized spacial score (nSPS) is 15.9. The Kier molecular flexibility index (Phi) is 4.45. The fraction of sp³-hybridized carbons (Fsp3) is 0.294. The first-order valence-electron chi connectivity index (χ1n) is 8.24. The minimum atomic E-state index is -4.72. The maximum Gasteiger partial charge on any atom is 0.470 e. The summed E-state index contributed by atoms with van der Waals surface area (Å²) < 4.78 is 55.7. The van der Waals surface area contributed by atoms with E-state index in [1.807, 2.05) is 0 Å². The number of aromatic nitrogens is 4. The molecule has 0 amide bonds. The maximum absolute atomic E-state index is 13.4. The van der Waals surface area contributed by atoms with Crippen molar-refractivity contribution in [1.29, 1.82) is 0 Å². The molecule has 1 aliphatic rings. The minimum Gasteiger partial charge on any atom is -0.413 e. The lowest BCUT2D eigenvalue weighted by molar-refractivity contribution is -0.156. The van der Waals surface area contributed by atoms with Gasteiger partial charge in [-0.3, -0.25) is 0 Å². The molecule has 0 atom stereocenters. The molecule has 0 aliphatic heterocycles. The molecule has 1 N–H and O–H groups in total. The number of rotatable bonds is 4. The molecule has 11 heteroatoms. The third-order valence-corrected chi connectivity index (χ3v) is 4.89. The molecule has 0 unspecified atom stereocenters. The monoisotopic (exact) mass is 413 g/mol. The Balaban J connectivity index is 1.55. The zero-order valence-corrected chi connectivity index (χ0v) is 14.9. The Morgan fingerprint density at radius 2 is 1.82 bits per heavy atom. The zero-order chi connectivity index (χ0) is 19.9. The Labute approximate surface area is 161 Å². The van der Waals surface area contributed by atoms with Gasteiger partial charge in [-0.2, -0.15) is 13.2 Å². The number of nitrogens with zero attached hydrogens (tertiary/aromatic N) is 4. The first-order valence-corrected chi connectivity index (χ1v) is 8.61. The van der Waals surface area contributed by atoms with Crippen molar-refractivity contribution < 1.29 is 22.0 Å². The van der Waals surface area contributed by atoms with Crippen LogP contribution in [0, 0.1) is 5.82 Å². The van der Waals surface area contributed by atoms with Gasteiger partial charge in [0.1, 0.15) is 5.82 Å². The van der Waals surface area contributed by atoms with Crippen molar-refractivity contribution in [2.75, 3.05) is 5.32 Å². The van der Waals surface area contributed by atoms with E-state index in [0.717, 1.165) is 24.8 Å². The minimum absolute atomic E-state index is 0.0266. The molecular formula is C17H12ClF4N5O. The number of hydrogen-bond acceptors (Lipinski definition) is 6. The van der Waals surface area contributed by atoms with Gasteiger partial charge in [0.2, 0.25) is 5.95 Å². The standard InChI is InChI=1S/C17H12ClF4N5O/c18-11-6-10(2-3-12(11)19)16(4-1-5-16)25-15-23-7-9(8-24-15)13-26-27-14(28-13)17(20,21)22/h2-3,6-8H,1,4-5H2,(H,23,24,25). The molecule has 2 heterocycles. The lowest BCUT2D eigenvalue weighted by atomic mass is 9.72. The van der Waals surface area contributed by atoms with Gasteiger partial charge < -0.3 is 9.73 Å². The molecular weight excluding hydrogens is 402 g/mol. The van der Waals surface area contributed by atoms with E-state index in [4.69, 9.17) is 11.6 Å². The number of anilines is 1. The van der Waals surface area contributed by atoms with Gasteiger partial charge in [-0.25, -0.2) is 14.4 Å². The van der Waals surface area contributed by atoms with E-state index in [-0.39, 0.29) is 22.4 Å². The second-order valence-corrected chi connectivity index (χ2v) is 6.80. The van der Waals surface area contributed by atoms with Crippen LogP contribution in [0.15, 0.2) is 35.0 Å². The average molecular weight is 414 g/mol. The van der Waals surface area contributed by atoms with Crippen molar-refractivity contribution in [3.8, 4) is 11.5 Å². The first-order chi connectivity index (χ1) is 13.3. The summed E-state index contributed by atoms with van der Waals surface area (Å²) in [5.41, 5.74) is 0.484. The van der Waals surface area contributed by atoms with E-state index in [9.17, 15) is 17.6 Å². The Morgan fingerprint density at radius 1 is 1.11 bits per heavy atom. The number of hydrogen-bond donors (Lipinski definition) is 1. The summed E-state index contributed by atoms with van der Waals surface area (Å²) in [6.45, 7) is 0. The van der Waals surface area contributed by atoms with E-state index < -0.39 is 23.4 Å². The third-order valence-electron chi connectivity index (χ3n) is 4.60. The highest BCUT2D eigenvalue weighted by molar-refractivity contribution is 6.30. The Morgan fingerprint density at radius 3 is 2.36 bits per heavy atom. The topological polar surface area (TPSA) is 76.7 Å². The van der Waals surface area contributed by atoms with Gasteiger partial charge in [0.25, 0.3) is 5.89 Å². The predicted octanol–water partition coefficient (Wildman–Crippen LogP) is 4.83. The molecule has 4 rings (SSSR count). The van der Waals surface area contributed by atoms with Crippen molar-refractivity contribution in [2.45, 2.75) is 31.0 Å². The summed E-state index contributed by atoms with van der Waals surface area (Å²) >= 11 is 5.89. The van der Waals surface area contributed by atoms with Crippen LogP contribution in [0.25, 0.3) is 11.5 Å². The molecule has 6 nitrogen and oxygen atoms in total. The molecule has 1 saturated carbocycles. The van der Waals surface area contributed by atoms with Crippen LogP contribution in [0.3, 0.4) is 0 Å². The van der Waals surface area contributed by atoms with E-state index in [0.29, 0.717) is 0 Å². The van der Waals surface area contributed by atoms with Crippen LogP contribution >= 0.6 is 11.6 Å². The zero-order valence-electron chi connectivity index (χ0n) is 14.1. The Bertz CT molecular complexity index is 1000. The van der Waals surface area contributed by atoms with Gasteiger partial charge in [0.15, 0.2) is 0 Å². The average Bonchev–Trinajstić information content (AvgIpc) is 3.12. The lowest BCUT2D eigenvalue weighted by Crippen LogP contribution is -2.42. The highest BCUT2D eigenvalue weighted by Gasteiger charge is 2.40. The van der Waals surface area contributed by atoms with Gasteiger partial charge in [0, 0.05) is 12.4 Å². The highest BCUT2D eigenvalue weighted by Crippen LogP contribution is 2.44. The van der Waals surface area contributed by atoms with Crippen LogP contribution in [0.2, 0.25) is 5.02 Å². The summed E-state index contributed by atoms with van der Waals surface area (Å²) in [5, 5.41) is 9.57. The second kappa shape index (κ2) is 6.69. The van der Waals surface area contributed by atoms with Crippen LogP contribution in [-0.4, -0.2) is 20.2 Å². The first kappa shape index (κ1) is 18.6. The van der Waals surface area contributed by atoms with E-state index >= 15 is 0 Å². The summed E-state index contributed by atoms with van der Waals surface area (Å²) in [7, 11) is 0. The van der Waals surface area contributed by atoms with Crippen molar-refractivity contribution in [3.63, 3.8) is 0 Å². The molecule has 1 aliphatic carbocycles. The summed E-state index contributed by atoms with van der Waals surface area (Å²) in [4.78, 5) is 8.24. The Hall–Kier alpha value is -2.75. The van der Waals surface area contributed by atoms with Crippen LogP contribution in [0.5, 0.6) is 0 Å². The molecule has 0 bridgehead atoms. The SMILES string of the molecule is Fc1ccc(C2(Nc3ncc(-c4nnc(C(F)(F)F)o4)cn3)CCC2)cc1Cl. The van der Waals surface area contributed by atoms with Gasteiger partial charge >= 0.3 is 12.1 Å². The van der Waals surface area contributed by atoms with Crippen molar-refractivity contribution in [3.05, 3.63) is 52.9 Å². The predicted molar refractivity (Wildman–Crippen MR) is 90.9 cm³/mol. The molecule has 2 aromatic heterocycles.